The average molecular weight is 282 g/mol. The zero-order valence-corrected chi connectivity index (χ0v) is 12.3. The smallest absolute Gasteiger partial charge is 0.311 e. The second-order valence-corrected chi connectivity index (χ2v) is 7.14. The number of carbonyl (C=O) groups excluding carboxylic acids is 1. The molecule has 4 saturated heterocycles. The molecule has 0 N–H and O–H groups in total. The number of carbonyl (C=O) groups is 1. The Hall–Kier alpha value is -0.650. The maximum absolute atomic E-state index is 12.1. The minimum absolute atomic E-state index is 0.123. The van der Waals surface area contributed by atoms with Gasteiger partial charge in [0.1, 0.15) is 0 Å². The summed E-state index contributed by atoms with van der Waals surface area (Å²) in [5.41, 5.74) is -0.610. The Labute approximate surface area is 118 Å². The van der Waals surface area contributed by atoms with E-state index in [1.54, 1.807) is 0 Å². The summed E-state index contributed by atoms with van der Waals surface area (Å²) in [5.74, 6) is -0.137. The van der Waals surface area contributed by atoms with Gasteiger partial charge in [0, 0.05) is 18.3 Å². The molecule has 5 fully saturated rings. The topological polar surface area (TPSA) is 54.0 Å². The van der Waals surface area contributed by atoms with Crippen LogP contribution in [-0.4, -0.2) is 23.6 Å². The highest BCUT2D eigenvalue weighted by molar-refractivity contribution is 5.74. The predicted octanol–water partition coefficient (Wildman–Crippen LogP) is 2.39. The van der Waals surface area contributed by atoms with E-state index in [0.717, 1.165) is 25.7 Å². The molecule has 20 heavy (non-hydrogen) atoms. The van der Waals surface area contributed by atoms with E-state index in [9.17, 15) is 4.79 Å². The van der Waals surface area contributed by atoms with Gasteiger partial charge in [0.25, 0.3) is 0 Å². The summed E-state index contributed by atoms with van der Waals surface area (Å²) >= 11 is 0. The lowest BCUT2D eigenvalue weighted by Gasteiger charge is -2.57. The maximum Gasteiger partial charge on any atom is 0.311 e. The first-order valence-corrected chi connectivity index (χ1v) is 7.71. The van der Waals surface area contributed by atoms with Gasteiger partial charge in [0.15, 0.2) is 5.60 Å². The zero-order valence-electron chi connectivity index (χ0n) is 12.3. The second kappa shape index (κ2) is 3.96. The van der Waals surface area contributed by atoms with Crippen LogP contribution in [0.25, 0.3) is 0 Å². The Bertz CT molecular complexity index is 452. The normalized spacial score (nSPS) is 57.8. The van der Waals surface area contributed by atoms with Crippen LogP contribution in [0.5, 0.6) is 0 Å². The summed E-state index contributed by atoms with van der Waals surface area (Å²) < 4.78 is 11.6. The third kappa shape index (κ3) is 1.46. The summed E-state index contributed by atoms with van der Waals surface area (Å²) in [6.45, 7) is 6.06. The monoisotopic (exact) mass is 282 g/mol. The van der Waals surface area contributed by atoms with Crippen LogP contribution in [0.15, 0.2) is 0 Å². The molecule has 112 valence electrons. The molecule has 0 amide bonds. The third-order valence-electron chi connectivity index (χ3n) is 5.97. The molecule has 4 heterocycles. The Balaban J connectivity index is 1.84. The van der Waals surface area contributed by atoms with Crippen molar-refractivity contribution in [3.63, 3.8) is 0 Å². The van der Waals surface area contributed by atoms with Gasteiger partial charge in [0.2, 0.25) is 12.1 Å². The van der Waals surface area contributed by atoms with Gasteiger partial charge in [-0.1, -0.05) is 13.8 Å². The van der Waals surface area contributed by atoms with Crippen molar-refractivity contribution < 1.29 is 24.0 Å². The van der Waals surface area contributed by atoms with Gasteiger partial charge in [-0.25, -0.2) is 9.78 Å². The van der Waals surface area contributed by atoms with E-state index in [2.05, 4.69) is 6.92 Å². The molecule has 1 spiro atoms. The molecule has 0 unspecified atom stereocenters. The molecule has 0 aromatic heterocycles. The fourth-order valence-corrected chi connectivity index (χ4v) is 4.76. The fraction of sp³-hybridized carbons (Fsp3) is 0.933. The van der Waals surface area contributed by atoms with Gasteiger partial charge in [0.05, 0.1) is 5.92 Å². The Morgan fingerprint density at radius 3 is 2.70 bits per heavy atom. The minimum atomic E-state index is -0.793. The molecule has 0 radical (unpaired) electrons. The van der Waals surface area contributed by atoms with E-state index in [4.69, 9.17) is 19.2 Å². The summed E-state index contributed by atoms with van der Waals surface area (Å²) in [4.78, 5) is 23.7. The largest absolute Gasteiger partial charge is 0.432 e. The van der Waals surface area contributed by atoms with E-state index in [0.29, 0.717) is 11.8 Å². The zero-order chi connectivity index (χ0) is 14.1. The molecule has 4 aliphatic heterocycles. The highest BCUT2D eigenvalue weighted by Gasteiger charge is 2.69. The van der Waals surface area contributed by atoms with Gasteiger partial charge in [-0.05, 0) is 32.1 Å². The predicted molar refractivity (Wildman–Crippen MR) is 68.0 cm³/mol. The van der Waals surface area contributed by atoms with Gasteiger partial charge in [-0.3, -0.25) is 4.79 Å². The molecule has 0 aromatic carbocycles. The first-order valence-electron chi connectivity index (χ1n) is 7.71. The van der Waals surface area contributed by atoms with Crippen molar-refractivity contribution in [2.75, 3.05) is 0 Å². The van der Waals surface area contributed by atoms with Crippen LogP contribution in [0.4, 0.5) is 0 Å². The van der Waals surface area contributed by atoms with Gasteiger partial charge < -0.3 is 9.47 Å². The summed E-state index contributed by atoms with van der Waals surface area (Å²) in [5, 5.41) is 0. The molecule has 1 saturated carbocycles. The van der Waals surface area contributed by atoms with Gasteiger partial charge in [-0.15, -0.1) is 0 Å². The standard InChI is InChI=1S/C15H22O5/c1-8-4-5-11-9(2)12(16)17-13-15(11)10(8)6-7-14(3,18-13)19-20-15/h8-11,13H,4-7H2,1-3H3/t8-,9+,10+,11+,13-,14+,15-/m0/s1. The molecule has 5 aliphatic rings. The first kappa shape index (κ1) is 13.0. The molecule has 5 nitrogen and oxygen atoms in total. The molecule has 2 bridgehead atoms. The highest BCUT2D eigenvalue weighted by Crippen LogP contribution is 2.59. The van der Waals surface area contributed by atoms with E-state index in [1.807, 2.05) is 13.8 Å². The number of ether oxygens (including phenoxy) is 2. The molecule has 7 atom stereocenters. The van der Waals surface area contributed by atoms with E-state index < -0.39 is 17.7 Å². The maximum atomic E-state index is 12.1. The Morgan fingerprint density at radius 1 is 1.10 bits per heavy atom. The second-order valence-electron chi connectivity index (χ2n) is 7.14. The highest BCUT2D eigenvalue weighted by atomic mass is 17.3. The molecule has 1 aliphatic carbocycles. The summed E-state index contributed by atoms with van der Waals surface area (Å²) in [6, 6.07) is 0. The fourth-order valence-electron chi connectivity index (χ4n) is 4.76. The Kier molecular flexibility index (Phi) is 2.58. The van der Waals surface area contributed by atoms with E-state index in [-0.39, 0.29) is 17.8 Å². The van der Waals surface area contributed by atoms with Gasteiger partial charge in [-0.2, -0.15) is 0 Å². The molecule has 5 heteroatoms. The third-order valence-corrected chi connectivity index (χ3v) is 5.97. The van der Waals surface area contributed by atoms with Crippen LogP contribution in [0.1, 0.15) is 46.5 Å². The number of fused-ring (bicyclic) bond motifs is 2. The van der Waals surface area contributed by atoms with Crippen molar-refractivity contribution in [2.45, 2.75) is 64.1 Å². The van der Waals surface area contributed by atoms with Crippen molar-refractivity contribution in [2.24, 2.45) is 23.7 Å². The molecular weight excluding hydrogens is 260 g/mol. The van der Waals surface area contributed by atoms with Crippen LogP contribution >= 0.6 is 0 Å². The molecule has 0 aromatic rings. The van der Waals surface area contributed by atoms with Crippen molar-refractivity contribution in [3.05, 3.63) is 0 Å². The SMILES string of the molecule is C[C@H]1CC[C@@H]2[C@@H](C)C(=O)O[C@H]3O[C@@]4(C)CC[C@H]1[C@@]32OO4. The summed E-state index contributed by atoms with van der Waals surface area (Å²) in [7, 11) is 0. The van der Waals surface area contributed by atoms with Crippen molar-refractivity contribution in [1.29, 1.82) is 0 Å². The molecular formula is C15H22O5. The van der Waals surface area contributed by atoms with Crippen LogP contribution in [-0.2, 0) is 24.0 Å². The average Bonchev–Trinajstić information content (AvgIpc) is 2.63. The number of rotatable bonds is 0. The minimum Gasteiger partial charge on any atom is -0.432 e. The van der Waals surface area contributed by atoms with Crippen LogP contribution in [0, 0.1) is 23.7 Å². The molecule has 5 rings (SSSR count). The number of hydrogen-bond donors (Lipinski definition) is 0. The number of hydrogen-bond acceptors (Lipinski definition) is 5. The van der Waals surface area contributed by atoms with Crippen molar-refractivity contribution in [1.82, 2.24) is 0 Å². The van der Waals surface area contributed by atoms with Crippen molar-refractivity contribution in [3.8, 4) is 0 Å². The lowest BCUT2D eigenvalue weighted by atomic mass is 9.58. The Morgan fingerprint density at radius 2 is 1.90 bits per heavy atom. The van der Waals surface area contributed by atoms with Gasteiger partial charge >= 0.3 is 5.97 Å². The summed E-state index contributed by atoms with van der Waals surface area (Å²) in [6.07, 6.45) is 3.24. The quantitative estimate of drug-likeness (QED) is 0.504. The lowest BCUT2D eigenvalue weighted by molar-refractivity contribution is -0.559. The van der Waals surface area contributed by atoms with Crippen molar-refractivity contribution >= 4 is 5.97 Å². The number of esters is 1. The lowest BCUT2D eigenvalue weighted by Crippen LogP contribution is -2.69. The van der Waals surface area contributed by atoms with Crippen LogP contribution < -0.4 is 0 Å². The first-order chi connectivity index (χ1) is 9.46. The van der Waals surface area contributed by atoms with Crippen LogP contribution in [0.2, 0.25) is 0 Å². The van der Waals surface area contributed by atoms with Crippen LogP contribution in [0.3, 0.4) is 0 Å². The van der Waals surface area contributed by atoms with E-state index in [1.165, 1.54) is 0 Å². The van der Waals surface area contributed by atoms with E-state index >= 15 is 0 Å².